The van der Waals surface area contributed by atoms with Crippen molar-refractivity contribution in [3.63, 3.8) is 0 Å². The monoisotopic (exact) mass is 388 g/mol. The van der Waals surface area contributed by atoms with Crippen LogP contribution in [0.3, 0.4) is 0 Å². The van der Waals surface area contributed by atoms with Gasteiger partial charge in [0.15, 0.2) is 0 Å². The first-order chi connectivity index (χ1) is 12.9. The molecular weight excluding hydrogens is 364 g/mol. The minimum Gasteiger partial charge on any atom is -0.383 e. The second kappa shape index (κ2) is 8.21. The molecule has 0 spiro atoms. The van der Waals surface area contributed by atoms with Crippen molar-refractivity contribution in [2.45, 2.75) is 30.7 Å². The summed E-state index contributed by atoms with van der Waals surface area (Å²) in [6.45, 7) is 2.25. The quantitative estimate of drug-likeness (QED) is 0.713. The van der Waals surface area contributed by atoms with E-state index in [2.05, 4.69) is 16.1 Å². The lowest BCUT2D eigenvalue weighted by Gasteiger charge is -2.16. The molecule has 0 saturated heterocycles. The van der Waals surface area contributed by atoms with Gasteiger partial charge in [0.25, 0.3) is 5.91 Å². The molecule has 1 unspecified atom stereocenters. The SMILES string of the molecule is COCCNS(=O)(=O)c1ccc(C)c(C(=O)NC2CCc3ccccc32)c1. The molecule has 144 valence electrons. The van der Waals surface area contributed by atoms with Gasteiger partial charge in [-0.3, -0.25) is 4.79 Å². The number of methoxy groups -OCH3 is 1. The number of nitrogens with one attached hydrogen (secondary N) is 2. The van der Waals surface area contributed by atoms with Crippen molar-refractivity contribution < 1.29 is 17.9 Å². The minimum absolute atomic E-state index is 0.0480. The Balaban J connectivity index is 1.79. The van der Waals surface area contributed by atoms with Crippen LogP contribution in [0.2, 0.25) is 0 Å². The molecule has 1 aliphatic carbocycles. The Kier molecular flexibility index (Phi) is 5.94. The van der Waals surface area contributed by atoms with Gasteiger partial charge in [-0.15, -0.1) is 0 Å². The molecule has 2 aromatic rings. The van der Waals surface area contributed by atoms with Gasteiger partial charge in [-0.25, -0.2) is 13.1 Å². The smallest absolute Gasteiger partial charge is 0.252 e. The van der Waals surface area contributed by atoms with Crippen LogP contribution in [0.5, 0.6) is 0 Å². The van der Waals surface area contributed by atoms with E-state index >= 15 is 0 Å². The van der Waals surface area contributed by atoms with Crippen molar-refractivity contribution in [2.75, 3.05) is 20.3 Å². The van der Waals surface area contributed by atoms with Crippen molar-refractivity contribution in [3.8, 4) is 0 Å². The predicted octanol–water partition coefficient (Wildman–Crippen LogP) is 2.34. The number of hydrogen-bond donors (Lipinski definition) is 2. The van der Waals surface area contributed by atoms with Crippen molar-refractivity contribution in [2.24, 2.45) is 0 Å². The Bertz CT molecular complexity index is 941. The number of sulfonamides is 1. The molecular formula is C20H24N2O4S. The predicted molar refractivity (Wildman–Crippen MR) is 103 cm³/mol. The summed E-state index contributed by atoms with van der Waals surface area (Å²) in [7, 11) is -2.19. The lowest BCUT2D eigenvalue weighted by molar-refractivity contribution is 0.0936. The fraction of sp³-hybridized carbons (Fsp3) is 0.350. The van der Waals surface area contributed by atoms with E-state index in [0.717, 1.165) is 24.0 Å². The molecule has 27 heavy (non-hydrogen) atoms. The fourth-order valence-corrected chi connectivity index (χ4v) is 4.36. The van der Waals surface area contributed by atoms with E-state index in [1.54, 1.807) is 13.0 Å². The Morgan fingerprint density at radius 2 is 2.00 bits per heavy atom. The molecule has 0 fully saturated rings. The number of aryl methyl sites for hydroxylation is 2. The number of rotatable bonds is 7. The van der Waals surface area contributed by atoms with Gasteiger partial charge in [0.2, 0.25) is 10.0 Å². The van der Waals surface area contributed by atoms with Gasteiger partial charge >= 0.3 is 0 Å². The molecule has 2 N–H and O–H groups in total. The van der Waals surface area contributed by atoms with E-state index in [9.17, 15) is 13.2 Å². The number of carbonyl (C=O) groups is 1. The van der Waals surface area contributed by atoms with Crippen LogP contribution >= 0.6 is 0 Å². The molecule has 7 heteroatoms. The molecule has 0 heterocycles. The molecule has 0 aromatic heterocycles. The summed E-state index contributed by atoms with van der Waals surface area (Å²) < 4.78 is 32.1. The fourth-order valence-electron chi connectivity index (χ4n) is 3.32. The average Bonchev–Trinajstić information content (AvgIpc) is 3.05. The second-order valence-electron chi connectivity index (χ2n) is 6.63. The summed E-state index contributed by atoms with van der Waals surface area (Å²) >= 11 is 0. The van der Waals surface area contributed by atoms with Crippen LogP contribution < -0.4 is 10.0 Å². The standard InChI is InChI=1S/C20H24N2O4S/c1-14-7-9-16(27(24,25)21-11-12-26-2)13-18(14)20(23)22-19-10-8-15-5-3-4-6-17(15)19/h3-7,9,13,19,21H,8,10-12H2,1-2H3,(H,22,23). The summed E-state index contributed by atoms with van der Waals surface area (Å²) in [6, 6.07) is 12.6. The Morgan fingerprint density at radius 1 is 1.22 bits per heavy atom. The van der Waals surface area contributed by atoms with E-state index in [4.69, 9.17) is 4.74 Å². The highest BCUT2D eigenvalue weighted by Crippen LogP contribution is 2.31. The largest absolute Gasteiger partial charge is 0.383 e. The number of carbonyl (C=O) groups excluding carboxylic acids is 1. The molecule has 2 aromatic carbocycles. The topological polar surface area (TPSA) is 84.5 Å². The molecule has 0 aliphatic heterocycles. The number of benzene rings is 2. The molecule has 0 bridgehead atoms. The molecule has 1 atom stereocenters. The van der Waals surface area contributed by atoms with Gasteiger partial charge in [0, 0.05) is 19.2 Å². The van der Waals surface area contributed by atoms with E-state index in [1.807, 2.05) is 18.2 Å². The molecule has 0 radical (unpaired) electrons. The van der Waals surface area contributed by atoms with Gasteiger partial charge in [-0.1, -0.05) is 30.3 Å². The zero-order valence-corrected chi connectivity index (χ0v) is 16.3. The van der Waals surface area contributed by atoms with Crippen LogP contribution in [-0.4, -0.2) is 34.6 Å². The third-order valence-electron chi connectivity index (χ3n) is 4.80. The second-order valence-corrected chi connectivity index (χ2v) is 8.40. The zero-order valence-electron chi connectivity index (χ0n) is 15.5. The number of hydrogen-bond acceptors (Lipinski definition) is 4. The average molecular weight is 388 g/mol. The lowest BCUT2D eigenvalue weighted by atomic mass is 10.1. The van der Waals surface area contributed by atoms with Gasteiger partial charge in [0.05, 0.1) is 17.5 Å². The van der Waals surface area contributed by atoms with Gasteiger partial charge in [-0.2, -0.15) is 0 Å². The first-order valence-electron chi connectivity index (χ1n) is 8.90. The molecule has 6 nitrogen and oxygen atoms in total. The summed E-state index contributed by atoms with van der Waals surface area (Å²) in [6.07, 6.45) is 1.78. The first kappa shape index (κ1) is 19.5. The van der Waals surface area contributed by atoms with Gasteiger partial charge in [-0.05, 0) is 48.6 Å². The number of amides is 1. The molecule has 0 saturated carbocycles. The number of fused-ring (bicyclic) bond motifs is 1. The lowest BCUT2D eigenvalue weighted by Crippen LogP contribution is -2.29. The van der Waals surface area contributed by atoms with Crippen LogP contribution in [-0.2, 0) is 21.2 Å². The molecule has 1 amide bonds. The maximum absolute atomic E-state index is 12.8. The van der Waals surface area contributed by atoms with E-state index < -0.39 is 10.0 Å². The summed E-state index contributed by atoms with van der Waals surface area (Å²) in [5.41, 5.74) is 3.48. The van der Waals surface area contributed by atoms with Crippen LogP contribution in [0.15, 0.2) is 47.4 Å². The van der Waals surface area contributed by atoms with Crippen LogP contribution in [0.1, 0.15) is 39.5 Å². The third kappa shape index (κ3) is 4.37. The maximum atomic E-state index is 12.8. The van der Waals surface area contributed by atoms with Crippen molar-refractivity contribution in [1.29, 1.82) is 0 Å². The number of ether oxygens (including phenoxy) is 1. The van der Waals surface area contributed by atoms with Crippen molar-refractivity contribution >= 4 is 15.9 Å². The third-order valence-corrected chi connectivity index (χ3v) is 6.26. The first-order valence-corrected chi connectivity index (χ1v) is 10.4. The van der Waals surface area contributed by atoms with Crippen LogP contribution in [0.4, 0.5) is 0 Å². The summed E-state index contributed by atoms with van der Waals surface area (Å²) in [4.78, 5) is 12.9. The Labute approximate surface area is 160 Å². The van der Waals surface area contributed by atoms with Crippen LogP contribution in [0.25, 0.3) is 0 Å². The Hall–Kier alpha value is -2.22. The highest BCUT2D eigenvalue weighted by molar-refractivity contribution is 7.89. The molecule has 1 aliphatic rings. The van der Waals surface area contributed by atoms with Crippen molar-refractivity contribution in [1.82, 2.24) is 10.0 Å². The summed E-state index contributed by atoms with van der Waals surface area (Å²) in [5, 5.41) is 3.05. The van der Waals surface area contributed by atoms with Crippen molar-refractivity contribution in [3.05, 3.63) is 64.7 Å². The van der Waals surface area contributed by atoms with Crippen LogP contribution in [0, 0.1) is 6.92 Å². The van der Waals surface area contributed by atoms with E-state index in [1.165, 1.54) is 24.8 Å². The normalized spacial score (nSPS) is 16.1. The van der Waals surface area contributed by atoms with Gasteiger partial charge < -0.3 is 10.1 Å². The zero-order chi connectivity index (χ0) is 19.4. The highest BCUT2D eigenvalue weighted by atomic mass is 32.2. The van der Waals surface area contributed by atoms with E-state index in [0.29, 0.717) is 5.56 Å². The molecule has 3 rings (SSSR count). The van der Waals surface area contributed by atoms with Gasteiger partial charge in [0.1, 0.15) is 0 Å². The summed E-state index contributed by atoms with van der Waals surface area (Å²) in [5.74, 6) is -0.261. The maximum Gasteiger partial charge on any atom is 0.252 e. The van der Waals surface area contributed by atoms with E-state index in [-0.39, 0.29) is 30.0 Å². The Morgan fingerprint density at radius 3 is 2.78 bits per heavy atom. The minimum atomic E-state index is -3.69. The highest BCUT2D eigenvalue weighted by Gasteiger charge is 2.25.